The van der Waals surface area contributed by atoms with Crippen molar-refractivity contribution in [1.82, 2.24) is 0 Å². The standard InChI is InChI=1S/C16H11FO2Te/c17-12-5-7-13(8-6-12)20-10-11-9-19-15-4-2-1-3-14(15)16(11)18/h1-8,10H,9H2/b11-10+. The second-order valence-corrected chi connectivity index (χ2v) is 7.02. The molecule has 2 nitrogen and oxygen atoms in total. The van der Waals surface area contributed by atoms with E-state index in [0.29, 0.717) is 23.5 Å². The van der Waals surface area contributed by atoms with Gasteiger partial charge in [-0.1, -0.05) is 0 Å². The number of rotatable bonds is 2. The van der Waals surface area contributed by atoms with Gasteiger partial charge in [-0.25, -0.2) is 0 Å². The minimum atomic E-state index is -0.649. The van der Waals surface area contributed by atoms with Crippen LogP contribution >= 0.6 is 0 Å². The van der Waals surface area contributed by atoms with Crippen LogP contribution in [-0.2, 0) is 0 Å². The molecule has 4 heteroatoms. The van der Waals surface area contributed by atoms with E-state index in [4.69, 9.17) is 4.74 Å². The Labute approximate surface area is 126 Å². The van der Waals surface area contributed by atoms with Crippen LogP contribution in [0.25, 0.3) is 0 Å². The van der Waals surface area contributed by atoms with Crippen LogP contribution in [0, 0.1) is 5.82 Å². The summed E-state index contributed by atoms with van der Waals surface area (Å²) >= 11 is -0.649. The second-order valence-electron chi connectivity index (χ2n) is 4.33. The van der Waals surface area contributed by atoms with Gasteiger partial charge in [-0.15, -0.1) is 0 Å². The molecule has 0 amide bonds. The number of hydrogen-bond acceptors (Lipinski definition) is 2. The fourth-order valence-electron chi connectivity index (χ4n) is 1.91. The maximum atomic E-state index is 12.8. The normalized spacial score (nSPS) is 15.8. The Bertz CT molecular complexity index is 677. The molecule has 2 aromatic carbocycles. The first-order chi connectivity index (χ1) is 9.74. The molecule has 0 radical (unpaired) electrons. The Morgan fingerprint density at radius 1 is 1.10 bits per heavy atom. The second kappa shape index (κ2) is 5.78. The average molecular weight is 382 g/mol. The third-order valence-corrected chi connectivity index (χ3v) is 5.66. The van der Waals surface area contributed by atoms with Crippen molar-refractivity contribution in [3.8, 4) is 5.75 Å². The number of carbonyl (C=O) groups is 1. The van der Waals surface area contributed by atoms with Crippen LogP contribution in [0.3, 0.4) is 0 Å². The fraction of sp³-hybridized carbons (Fsp3) is 0.0625. The van der Waals surface area contributed by atoms with Gasteiger partial charge in [0.15, 0.2) is 0 Å². The van der Waals surface area contributed by atoms with Crippen LogP contribution in [0.5, 0.6) is 5.75 Å². The SMILES string of the molecule is O=C1/C(=C/[Te]c2ccc(F)cc2)COc2ccccc21. The molecule has 0 bridgehead atoms. The van der Waals surface area contributed by atoms with Crippen molar-refractivity contribution >= 4 is 30.3 Å². The minimum absolute atomic E-state index is 0.0408. The summed E-state index contributed by atoms with van der Waals surface area (Å²) in [6.07, 6.45) is 0. The van der Waals surface area contributed by atoms with E-state index in [1.54, 1.807) is 24.3 Å². The topological polar surface area (TPSA) is 26.3 Å². The van der Waals surface area contributed by atoms with Crippen molar-refractivity contribution in [2.45, 2.75) is 0 Å². The van der Waals surface area contributed by atoms with Crippen LogP contribution in [-0.4, -0.2) is 33.3 Å². The number of hydrogen-bond donors (Lipinski definition) is 0. The zero-order chi connectivity index (χ0) is 13.9. The third-order valence-electron chi connectivity index (χ3n) is 2.96. The van der Waals surface area contributed by atoms with E-state index in [1.807, 2.05) is 16.3 Å². The number of ether oxygens (including phenoxy) is 1. The summed E-state index contributed by atoms with van der Waals surface area (Å²) in [5.41, 5.74) is 1.33. The number of Topliss-reactive ketones (excluding diaryl/α,β-unsaturated/α-hetero) is 1. The van der Waals surface area contributed by atoms with Gasteiger partial charge in [0.05, 0.1) is 0 Å². The van der Waals surface area contributed by atoms with E-state index in [2.05, 4.69) is 0 Å². The van der Waals surface area contributed by atoms with Gasteiger partial charge in [-0.05, 0) is 0 Å². The van der Waals surface area contributed by atoms with Gasteiger partial charge >= 0.3 is 126 Å². The molecule has 0 saturated heterocycles. The number of halogens is 1. The first-order valence-corrected chi connectivity index (χ1v) is 8.63. The van der Waals surface area contributed by atoms with Crippen LogP contribution in [0.15, 0.2) is 58.2 Å². The Hall–Kier alpha value is -1.63. The van der Waals surface area contributed by atoms with E-state index in [-0.39, 0.29) is 11.6 Å². The number of benzene rings is 2. The van der Waals surface area contributed by atoms with E-state index in [0.717, 1.165) is 3.61 Å². The molecule has 2 aromatic rings. The average Bonchev–Trinajstić information content (AvgIpc) is 2.49. The van der Waals surface area contributed by atoms with Crippen LogP contribution < -0.4 is 8.35 Å². The molecule has 1 heterocycles. The van der Waals surface area contributed by atoms with Gasteiger partial charge in [0.2, 0.25) is 0 Å². The Morgan fingerprint density at radius 3 is 2.65 bits per heavy atom. The predicted molar refractivity (Wildman–Crippen MR) is 76.1 cm³/mol. The molecule has 0 aliphatic carbocycles. The molecule has 0 atom stereocenters. The van der Waals surface area contributed by atoms with E-state index < -0.39 is 20.9 Å². The van der Waals surface area contributed by atoms with E-state index in [1.165, 1.54) is 12.1 Å². The third kappa shape index (κ3) is 2.77. The van der Waals surface area contributed by atoms with Crippen molar-refractivity contribution in [2.75, 3.05) is 6.61 Å². The van der Waals surface area contributed by atoms with E-state index >= 15 is 0 Å². The maximum absolute atomic E-state index is 12.8. The molecule has 100 valence electrons. The van der Waals surface area contributed by atoms with Gasteiger partial charge in [-0.3, -0.25) is 0 Å². The molecule has 0 N–H and O–H groups in total. The van der Waals surface area contributed by atoms with Crippen molar-refractivity contribution in [3.63, 3.8) is 0 Å². The van der Waals surface area contributed by atoms with Crippen molar-refractivity contribution in [3.05, 3.63) is 69.6 Å². The Kier molecular flexibility index (Phi) is 3.86. The summed E-state index contributed by atoms with van der Waals surface area (Å²) < 4.78 is 21.5. The number of carbonyl (C=O) groups excluding carboxylic acids is 1. The summed E-state index contributed by atoms with van der Waals surface area (Å²) in [6.45, 7) is 0.321. The summed E-state index contributed by atoms with van der Waals surface area (Å²) in [7, 11) is 0. The van der Waals surface area contributed by atoms with Crippen molar-refractivity contribution < 1.29 is 13.9 Å². The van der Waals surface area contributed by atoms with E-state index in [9.17, 15) is 9.18 Å². The molecule has 0 fully saturated rings. The molecule has 0 aromatic heterocycles. The van der Waals surface area contributed by atoms with Crippen LogP contribution in [0.1, 0.15) is 10.4 Å². The Morgan fingerprint density at radius 2 is 1.85 bits per heavy atom. The zero-order valence-corrected chi connectivity index (χ0v) is 12.8. The first-order valence-electron chi connectivity index (χ1n) is 6.12. The molecule has 0 unspecified atom stereocenters. The molecular weight excluding hydrogens is 371 g/mol. The summed E-state index contributed by atoms with van der Waals surface area (Å²) in [6, 6.07) is 13.7. The summed E-state index contributed by atoms with van der Waals surface area (Å²) in [5.74, 6) is 0.455. The van der Waals surface area contributed by atoms with Crippen LogP contribution in [0.2, 0.25) is 0 Å². The van der Waals surface area contributed by atoms with Gasteiger partial charge in [0.25, 0.3) is 0 Å². The number of fused-ring (bicyclic) bond motifs is 1. The molecular formula is C16H11FO2Te. The quantitative estimate of drug-likeness (QED) is 0.589. The van der Waals surface area contributed by atoms with Gasteiger partial charge in [0.1, 0.15) is 0 Å². The van der Waals surface area contributed by atoms with Gasteiger partial charge < -0.3 is 0 Å². The molecule has 1 aliphatic rings. The molecule has 20 heavy (non-hydrogen) atoms. The first kappa shape index (κ1) is 13.4. The van der Waals surface area contributed by atoms with Gasteiger partial charge in [0, 0.05) is 0 Å². The zero-order valence-electron chi connectivity index (χ0n) is 10.5. The molecule has 1 aliphatic heterocycles. The molecule has 0 saturated carbocycles. The predicted octanol–water partition coefficient (Wildman–Crippen LogP) is 2.31. The van der Waals surface area contributed by atoms with Gasteiger partial charge in [-0.2, -0.15) is 0 Å². The summed E-state index contributed by atoms with van der Waals surface area (Å²) in [4.78, 5) is 12.3. The van der Waals surface area contributed by atoms with Crippen molar-refractivity contribution in [2.24, 2.45) is 0 Å². The monoisotopic (exact) mass is 384 g/mol. The molecule has 3 rings (SSSR count). The summed E-state index contributed by atoms with van der Waals surface area (Å²) in [5, 5.41) is 0. The number of para-hydroxylation sites is 1. The number of ketones is 1. The van der Waals surface area contributed by atoms with Crippen LogP contribution in [0.4, 0.5) is 4.39 Å². The fourth-order valence-corrected chi connectivity index (χ4v) is 4.04. The molecule has 0 spiro atoms. The Balaban J connectivity index is 1.80. The van der Waals surface area contributed by atoms with Crippen molar-refractivity contribution in [1.29, 1.82) is 0 Å².